The van der Waals surface area contributed by atoms with E-state index in [1.165, 1.54) is 55.4 Å². The summed E-state index contributed by atoms with van der Waals surface area (Å²) in [4.78, 5) is 177. The molecule has 6 rings (SSSR count). The van der Waals surface area contributed by atoms with E-state index in [4.69, 9.17) is 34.5 Å². The van der Waals surface area contributed by atoms with E-state index in [0.717, 1.165) is 10.8 Å². The van der Waals surface area contributed by atoms with Crippen LogP contribution in [0.4, 0.5) is 4.79 Å². The third-order valence-electron chi connectivity index (χ3n) is 17.2. The number of urea groups is 1. The van der Waals surface area contributed by atoms with Crippen LogP contribution in [0.2, 0.25) is 5.02 Å². The first-order chi connectivity index (χ1) is 49.6. The van der Waals surface area contributed by atoms with Crippen LogP contribution in [0.5, 0.6) is 5.75 Å². The Balaban J connectivity index is 1.26. The average Bonchev–Trinajstić information content (AvgIpc) is 1.63. The number of pyridine rings is 1. The Kier molecular flexibility index (Phi) is 32.5. The molecule has 2 heterocycles. The molecule has 104 heavy (non-hydrogen) atoms. The first-order valence-electron chi connectivity index (χ1n) is 34.5. The van der Waals surface area contributed by atoms with Gasteiger partial charge < -0.3 is 91.2 Å². The molecular formula is C72H96ClN17O14. The number of rotatable bonds is 40. The highest BCUT2D eigenvalue weighted by Crippen LogP contribution is 2.23. The predicted octanol–water partition coefficient (Wildman–Crippen LogP) is 0.0644. The zero-order chi connectivity index (χ0) is 76.0. The monoisotopic (exact) mass is 1460 g/mol. The number of aliphatic hydroxyl groups is 1. The standard InChI is InChI=1S/C72H96ClN17O14/c1-41(2)33-54(63(96)84-53(17-8-9-30-79-71(75)76)70(103)90-32-12-18-60(90)69(102)81-42(3)61(74)94)85-62(95)52(16-7-10-31-80-72(77)104)83-65(98)56(36-45-22-27-51(93)28-23-45)88-68(101)59(40-91)89-67(100)58(38-47-13-11-29-78-39-47)87-66(99)57(35-44-20-25-50(73)26-21-44)86-64(97)55(82-43(4)92)37-46-19-24-48-14-5-6-15-49(48)34-46/h5-6,11,13-15,19-29,34,39,41-42,52-60,91,93H,7-10,12,16-18,30-33,35-38,40H2,1-4H3,(H2,74,94)(H,81,102)(H,82,92)(H,83,98)(H,84,96)(H,85,95)(H,86,97)(H,87,99)(H,88,101)(H,89,100)(H4,75,76,79)(H3,77,80,104). The normalized spacial score (nSPS) is 15.1. The Labute approximate surface area is 607 Å². The molecule has 5 aromatic rings. The van der Waals surface area contributed by atoms with Gasteiger partial charge in [-0.2, -0.15) is 0 Å². The zero-order valence-corrected chi connectivity index (χ0v) is 59.4. The van der Waals surface area contributed by atoms with Crippen molar-refractivity contribution in [1.29, 1.82) is 0 Å². The number of hydrogen-bond acceptors (Lipinski definition) is 16. The van der Waals surface area contributed by atoms with E-state index in [9.17, 15) is 67.7 Å². The Morgan fingerprint density at radius 2 is 1.06 bits per heavy atom. The van der Waals surface area contributed by atoms with Gasteiger partial charge in [0.25, 0.3) is 0 Å². The molecule has 31 nitrogen and oxygen atoms in total. The number of halogens is 1. The van der Waals surface area contributed by atoms with Gasteiger partial charge in [0, 0.05) is 69.7 Å². The molecule has 1 aromatic heterocycles. The lowest BCUT2D eigenvalue weighted by molar-refractivity contribution is -0.142. The van der Waals surface area contributed by atoms with E-state index in [0.29, 0.717) is 46.5 Å². The number of nitrogens with zero attached hydrogens (tertiary/aromatic N) is 3. The molecule has 0 spiro atoms. The van der Waals surface area contributed by atoms with Crippen LogP contribution in [0.15, 0.2) is 121 Å². The van der Waals surface area contributed by atoms with Gasteiger partial charge in [0.2, 0.25) is 65.0 Å². The van der Waals surface area contributed by atoms with E-state index in [2.05, 4.69) is 63.1 Å². The van der Waals surface area contributed by atoms with Crippen molar-refractivity contribution in [2.75, 3.05) is 26.2 Å². The quantitative estimate of drug-likeness (QED) is 0.0140. The summed E-state index contributed by atoms with van der Waals surface area (Å²) in [5.74, 6) is -9.53. The number of phenolic OH excluding ortho intramolecular Hbond substituents is 1. The summed E-state index contributed by atoms with van der Waals surface area (Å²) in [6.45, 7) is 5.53. The molecule has 10 atom stereocenters. The van der Waals surface area contributed by atoms with Gasteiger partial charge in [-0.15, -0.1) is 0 Å². The van der Waals surface area contributed by atoms with Crippen LogP contribution in [-0.4, -0.2) is 184 Å². The van der Waals surface area contributed by atoms with Crippen molar-refractivity contribution < 1.29 is 67.7 Å². The van der Waals surface area contributed by atoms with E-state index in [1.807, 2.05) is 42.5 Å². The number of amides is 13. The number of primary amides is 2. The van der Waals surface area contributed by atoms with Crippen molar-refractivity contribution in [2.45, 2.75) is 172 Å². The SMILES string of the molecule is CC(=O)NC(Cc1ccc2ccccc2c1)C(=O)NC(Cc1ccc(Cl)cc1)C(=O)NC(Cc1cccnc1)C(=O)NC(CO)C(=O)NC(Cc1ccc(O)cc1)C(=O)NC(CCCCNC(N)=O)C(=O)NC(CC(C)C)C(=O)NC(CCCCN=C(N)N)C(=O)N1CCCC1C(=O)NC(C)C(N)=O. The summed E-state index contributed by atoms with van der Waals surface area (Å²) in [7, 11) is 0. The number of hydrogen-bond donors (Lipinski definition) is 16. The lowest BCUT2D eigenvalue weighted by Gasteiger charge is -2.31. The van der Waals surface area contributed by atoms with Crippen LogP contribution in [0.25, 0.3) is 10.8 Å². The molecule has 0 saturated carbocycles. The Bertz CT molecular complexity index is 3810. The summed E-state index contributed by atoms with van der Waals surface area (Å²) >= 11 is 6.23. The maximum Gasteiger partial charge on any atom is 0.312 e. The number of benzene rings is 4. The van der Waals surface area contributed by atoms with Gasteiger partial charge in [0.05, 0.1) is 6.61 Å². The molecule has 10 unspecified atom stereocenters. The van der Waals surface area contributed by atoms with Gasteiger partial charge in [0.15, 0.2) is 5.96 Å². The van der Waals surface area contributed by atoms with Gasteiger partial charge in [0.1, 0.15) is 66.2 Å². The van der Waals surface area contributed by atoms with Crippen molar-refractivity contribution in [3.8, 4) is 5.75 Å². The minimum Gasteiger partial charge on any atom is -0.508 e. The molecule has 560 valence electrons. The first-order valence-corrected chi connectivity index (χ1v) is 34.8. The maximum absolute atomic E-state index is 14.9. The molecule has 1 aliphatic heterocycles. The Morgan fingerprint density at radius 1 is 0.558 bits per heavy atom. The molecule has 0 bridgehead atoms. The average molecular weight is 1460 g/mol. The fraction of sp³-hybridized carbons (Fsp3) is 0.444. The summed E-state index contributed by atoms with van der Waals surface area (Å²) in [6, 6.07) is 13.8. The molecule has 0 radical (unpaired) electrons. The molecule has 4 aromatic carbocycles. The predicted molar refractivity (Wildman–Crippen MR) is 388 cm³/mol. The minimum atomic E-state index is -1.84. The third-order valence-corrected chi connectivity index (χ3v) is 17.4. The van der Waals surface area contributed by atoms with Gasteiger partial charge in [-0.3, -0.25) is 62.7 Å². The van der Waals surface area contributed by atoms with Crippen LogP contribution in [0, 0.1) is 5.92 Å². The number of likely N-dealkylation sites (tertiary alicyclic amines) is 1. The van der Waals surface area contributed by atoms with Crippen LogP contribution in [0.3, 0.4) is 0 Å². The summed E-state index contributed by atoms with van der Waals surface area (Å²) < 4.78 is 0. The maximum atomic E-state index is 14.9. The fourth-order valence-electron chi connectivity index (χ4n) is 11.7. The first kappa shape index (κ1) is 82.0. The van der Waals surface area contributed by atoms with Crippen molar-refractivity contribution in [3.63, 3.8) is 0 Å². The van der Waals surface area contributed by atoms with Crippen molar-refractivity contribution in [2.24, 2.45) is 33.8 Å². The number of aliphatic imine (C=N–C) groups is 1. The number of aromatic hydroxyl groups is 1. The number of guanidine groups is 1. The van der Waals surface area contributed by atoms with E-state index in [1.54, 1.807) is 50.2 Å². The van der Waals surface area contributed by atoms with Crippen LogP contribution in [-0.2, 0) is 78.4 Å². The van der Waals surface area contributed by atoms with Gasteiger partial charge >= 0.3 is 6.03 Å². The highest BCUT2D eigenvalue weighted by Gasteiger charge is 2.40. The van der Waals surface area contributed by atoms with E-state index >= 15 is 0 Å². The number of phenols is 1. The van der Waals surface area contributed by atoms with Crippen LogP contribution >= 0.6 is 11.6 Å². The number of aliphatic hydroxyl groups excluding tert-OH is 1. The third kappa shape index (κ3) is 27.1. The number of nitrogens with two attached hydrogens (primary N) is 4. The number of carbonyl (C=O) groups is 12. The van der Waals surface area contributed by atoms with Crippen molar-refractivity contribution in [1.82, 2.24) is 63.1 Å². The highest BCUT2D eigenvalue weighted by atomic mass is 35.5. The molecule has 20 N–H and O–H groups in total. The largest absolute Gasteiger partial charge is 0.508 e. The summed E-state index contributed by atoms with van der Waals surface area (Å²) in [6.07, 6.45) is 3.87. The fourth-order valence-corrected chi connectivity index (χ4v) is 11.9. The topological polar surface area (TPSA) is 498 Å². The summed E-state index contributed by atoms with van der Waals surface area (Å²) in [5, 5.41) is 49.9. The highest BCUT2D eigenvalue weighted by molar-refractivity contribution is 6.30. The number of nitrogens with one attached hydrogen (secondary N) is 10. The lowest BCUT2D eigenvalue weighted by Crippen LogP contribution is -2.61. The number of carbonyl (C=O) groups excluding carboxylic acids is 12. The molecular weight excluding hydrogens is 1360 g/mol. The number of unbranched alkanes of at least 4 members (excludes halogenated alkanes) is 2. The van der Waals surface area contributed by atoms with Gasteiger partial charge in [-0.25, -0.2) is 4.79 Å². The molecule has 1 fully saturated rings. The number of aromatic nitrogens is 1. The Hall–Kier alpha value is -10.9. The van der Waals surface area contributed by atoms with Gasteiger partial charge in [-0.05, 0) is 134 Å². The second-order valence-corrected chi connectivity index (χ2v) is 26.5. The zero-order valence-electron chi connectivity index (χ0n) is 58.7. The minimum absolute atomic E-state index is 0.000725. The van der Waals surface area contributed by atoms with E-state index in [-0.39, 0.29) is 101 Å². The lowest BCUT2D eigenvalue weighted by atomic mass is 9.99. The summed E-state index contributed by atoms with van der Waals surface area (Å²) in [5.41, 5.74) is 23.8. The van der Waals surface area contributed by atoms with Crippen molar-refractivity contribution >= 4 is 99.3 Å². The molecule has 13 amide bonds. The second kappa shape index (κ2) is 41.2. The van der Waals surface area contributed by atoms with Crippen LogP contribution in [0.1, 0.15) is 108 Å². The van der Waals surface area contributed by atoms with Gasteiger partial charge in [-0.1, -0.05) is 98.2 Å². The second-order valence-electron chi connectivity index (χ2n) is 26.1. The molecule has 1 aliphatic rings. The van der Waals surface area contributed by atoms with E-state index < -0.39 is 138 Å². The molecule has 0 aliphatic carbocycles. The molecule has 32 heteroatoms. The number of fused-ring (bicyclic) bond motifs is 1. The van der Waals surface area contributed by atoms with Crippen molar-refractivity contribution in [3.05, 3.63) is 143 Å². The Morgan fingerprint density at radius 3 is 1.62 bits per heavy atom. The smallest absolute Gasteiger partial charge is 0.312 e. The van der Waals surface area contributed by atoms with Crippen LogP contribution < -0.4 is 76.1 Å². The molecule has 1 saturated heterocycles.